The Morgan fingerprint density at radius 2 is 1.59 bits per heavy atom. The van der Waals surface area contributed by atoms with E-state index in [1.807, 2.05) is 30.3 Å². The Balaban J connectivity index is 2.06. The molecule has 0 heterocycles. The number of carbonyl (C=O) groups excluding carboxylic acids is 1. The van der Waals surface area contributed by atoms with Crippen LogP contribution in [0.2, 0.25) is 0 Å². The number of rotatable bonds is 6. The molecule has 0 aliphatic heterocycles. The van der Waals surface area contributed by atoms with E-state index in [-0.39, 0.29) is 5.56 Å². The molecule has 3 rings (SSSR count). The average molecular weight is 413 g/mol. The first kappa shape index (κ1) is 21.0. The second-order valence-corrected chi connectivity index (χ2v) is 8.71. The van der Waals surface area contributed by atoms with Gasteiger partial charge in [0.1, 0.15) is 10.6 Å². The predicted octanol–water partition coefficient (Wildman–Crippen LogP) is 5.46. The Morgan fingerprint density at radius 3 is 2.21 bits per heavy atom. The Morgan fingerprint density at radius 1 is 0.966 bits per heavy atom. The van der Waals surface area contributed by atoms with E-state index < -0.39 is 21.0 Å². The molecule has 3 aromatic carbocycles. The minimum Gasteiger partial charge on any atom is -0.422 e. The second-order valence-electron chi connectivity index (χ2n) is 7.32. The summed E-state index contributed by atoms with van der Waals surface area (Å²) < 4.78 is 38.1. The lowest BCUT2D eigenvalue weighted by Gasteiger charge is -2.22. The van der Waals surface area contributed by atoms with Gasteiger partial charge in [0.2, 0.25) is 0 Å². The van der Waals surface area contributed by atoms with Crippen molar-refractivity contribution in [2.45, 2.75) is 38.0 Å². The molecule has 1 atom stereocenters. The third kappa shape index (κ3) is 4.33. The highest BCUT2D eigenvalue weighted by Crippen LogP contribution is 2.37. The fourth-order valence-electron chi connectivity index (χ4n) is 3.77. The molecule has 0 saturated heterocycles. The van der Waals surface area contributed by atoms with E-state index in [4.69, 9.17) is 4.74 Å². The molecule has 1 N–H and O–H groups in total. The molecule has 0 aromatic heterocycles. The van der Waals surface area contributed by atoms with Gasteiger partial charge in [-0.3, -0.25) is 4.55 Å². The lowest BCUT2D eigenvalue weighted by atomic mass is 9.83. The number of benzene rings is 3. The lowest BCUT2D eigenvalue weighted by Crippen LogP contribution is -2.14. The van der Waals surface area contributed by atoms with Crippen molar-refractivity contribution < 1.29 is 22.5 Å². The van der Waals surface area contributed by atoms with Crippen molar-refractivity contribution >= 4 is 26.9 Å². The summed E-state index contributed by atoms with van der Waals surface area (Å²) in [5, 5.41) is 1.78. The van der Waals surface area contributed by atoms with E-state index in [0.29, 0.717) is 17.6 Å². The highest BCUT2D eigenvalue weighted by molar-refractivity contribution is 7.86. The van der Waals surface area contributed by atoms with Gasteiger partial charge in [0.15, 0.2) is 0 Å². The zero-order valence-corrected chi connectivity index (χ0v) is 17.4. The van der Waals surface area contributed by atoms with Crippen molar-refractivity contribution in [3.05, 3.63) is 71.8 Å². The summed E-state index contributed by atoms with van der Waals surface area (Å²) >= 11 is 0. The molecule has 0 radical (unpaired) electrons. The van der Waals surface area contributed by atoms with Crippen LogP contribution in [0.25, 0.3) is 10.8 Å². The average Bonchev–Trinajstić information content (AvgIpc) is 2.69. The number of hydrogen-bond acceptors (Lipinski definition) is 4. The molecule has 0 spiro atoms. The van der Waals surface area contributed by atoms with Gasteiger partial charge in [-0.2, -0.15) is 8.42 Å². The maximum Gasteiger partial charge on any atom is 0.344 e. The first-order valence-electron chi connectivity index (χ1n) is 9.54. The van der Waals surface area contributed by atoms with Gasteiger partial charge in [0, 0.05) is 5.39 Å². The minimum atomic E-state index is -4.54. The monoisotopic (exact) mass is 412 g/mol. The number of ether oxygens (including phenoxy) is 1. The molecule has 3 aromatic rings. The van der Waals surface area contributed by atoms with Crippen molar-refractivity contribution in [3.63, 3.8) is 0 Å². The van der Waals surface area contributed by atoms with Crippen LogP contribution in [0.1, 0.15) is 49.0 Å². The van der Waals surface area contributed by atoms with Gasteiger partial charge < -0.3 is 4.74 Å². The lowest BCUT2D eigenvalue weighted by molar-refractivity contribution is 0.0732. The zero-order chi connectivity index (χ0) is 21.2. The van der Waals surface area contributed by atoms with Crippen LogP contribution in [-0.4, -0.2) is 18.9 Å². The van der Waals surface area contributed by atoms with Gasteiger partial charge in [-0.05, 0) is 47.4 Å². The summed E-state index contributed by atoms with van der Waals surface area (Å²) in [5.74, 6) is 0.327. The van der Waals surface area contributed by atoms with E-state index in [0.717, 1.165) is 17.2 Å². The molecule has 0 amide bonds. The molecule has 1 unspecified atom stereocenters. The van der Waals surface area contributed by atoms with E-state index in [9.17, 15) is 17.8 Å². The maximum absolute atomic E-state index is 12.7. The molecule has 0 aliphatic rings. The molecule has 0 bridgehead atoms. The smallest absolute Gasteiger partial charge is 0.344 e. The summed E-state index contributed by atoms with van der Waals surface area (Å²) in [6.45, 7) is 6.52. The van der Waals surface area contributed by atoms with Gasteiger partial charge >= 0.3 is 5.97 Å². The van der Waals surface area contributed by atoms with Crippen LogP contribution < -0.4 is 4.74 Å². The van der Waals surface area contributed by atoms with Crippen molar-refractivity contribution in [2.24, 2.45) is 5.92 Å². The Kier molecular flexibility index (Phi) is 6.05. The third-order valence-electron chi connectivity index (χ3n) is 5.15. The molecular weight excluding hydrogens is 388 g/mol. The maximum atomic E-state index is 12.7. The molecule has 0 fully saturated rings. The number of hydrogen-bond donors (Lipinski definition) is 1. The fourth-order valence-corrected chi connectivity index (χ4v) is 4.45. The summed E-state index contributed by atoms with van der Waals surface area (Å²) in [5.41, 5.74) is 0.980. The van der Waals surface area contributed by atoms with Crippen LogP contribution >= 0.6 is 0 Å². The van der Waals surface area contributed by atoms with Crippen LogP contribution in [-0.2, 0) is 10.1 Å². The van der Waals surface area contributed by atoms with Gasteiger partial charge in [-0.25, -0.2) is 4.79 Å². The van der Waals surface area contributed by atoms with Crippen molar-refractivity contribution in [2.75, 3.05) is 0 Å². The molecular formula is C23H24O5S. The van der Waals surface area contributed by atoms with Gasteiger partial charge in [-0.15, -0.1) is 0 Å². The van der Waals surface area contributed by atoms with Crippen molar-refractivity contribution in [1.29, 1.82) is 0 Å². The third-order valence-corrected chi connectivity index (χ3v) is 6.06. The topological polar surface area (TPSA) is 80.7 Å². The quantitative estimate of drug-likeness (QED) is 0.330. The minimum absolute atomic E-state index is 0.211. The highest BCUT2D eigenvalue weighted by atomic mass is 32.2. The molecule has 29 heavy (non-hydrogen) atoms. The van der Waals surface area contributed by atoms with E-state index in [2.05, 4.69) is 20.8 Å². The molecule has 0 saturated carbocycles. The predicted molar refractivity (Wildman–Crippen MR) is 113 cm³/mol. The molecule has 152 valence electrons. The molecule has 5 nitrogen and oxygen atoms in total. The molecule has 0 aliphatic carbocycles. The standard InChI is InChI=1S/C23H24O5S/c1-4-16(15(2)3)18-13-14-21(19-10-6-5-9-17(18)19)28-23(24)20-11-7-8-12-22(20)29(25,26)27/h5-16H,4H2,1-3H3,(H,25,26,27). The number of esters is 1. The van der Waals surface area contributed by atoms with Crippen LogP contribution in [0.4, 0.5) is 0 Å². The largest absolute Gasteiger partial charge is 0.422 e. The first-order chi connectivity index (χ1) is 13.7. The van der Waals surface area contributed by atoms with Crippen molar-refractivity contribution in [3.8, 4) is 5.75 Å². The van der Waals surface area contributed by atoms with Crippen LogP contribution in [0, 0.1) is 5.92 Å². The van der Waals surface area contributed by atoms with Crippen LogP contribution in [0.15, 0.2) is 65.6 Å². The Hall–Kier alpha value is -2.70. The number of fused-ring (bicyclic) bond motifs is 1. The van der Waals surface area contributed by atoms with Gasteiger partial charge in [0.25, 0.3) is 10.1 Å². The molecule has 6 heteroatoms. The van der Waals surface area contributed by atoms with Crippen molar-refractivity contribution in [1.82, 2.24) is 0 Å². The Bertz CT molecular complexity index is 1150. The SMILES string of the molecule is CCC(c1ccc(OC(=O)c2ccccc2S(=O)(=O)O)c2ccccc12)C(C)C. The van der Waals surface area contributed by atoms with E-state index in [1.165, 1.54) is 29.8 Å². The van der Waals surface area contributed by atoms with Crippen LogP contribution in [0.3, 0.4) is 0 Å². The summed E-state index contributed by atoms with van der Waals surface area (Å²) in [4.78, 5) is 12.2. The second kappa shape index (κ2) is 8.35. The Labute approximate surface area is 171 Å². The van der Waals surface area contributed by atoms with E-state index in [1.54, 1.807) is 6.07 Å². The summed E-state index contributed by atoms with van der Waals surface area (Å²) in [6.07, 6.45) is 0.989. The van der Waals surface area contributed by atoms with Crippen LogP contribution in [0.5, 0.6) is 5.75 Å². The highest BCUT2D eigenvalue weighted by Gasteiger charge is 2.23. The fraction of sp³-hybridized carbons (Fsp3) is 0.261. The van der Waals surface area contributed by atoms with Gasteiger partial charge in [0.05, 0.1) is 5.56 Å². The normalized spacial score (nSPS) is 12.9. The zero-order valence-electron chi connectivity index (χ0n) is 16.6. The number of carbonyl (C=O) groups is 1. The van der Waals surface area contributed by atoms with Gasteiger partial charge in [-0.1, -0.05) is 63.2 Å². The first-order valence-corrected chi connectivity index (χ1v) is 11.0. The van der Waals surface area contributed by atoms with E-state index >= 15 is 0 Å². The summed E-state index contributed by atoms with van der Waals surface area (Å²) in [6, 6.07) is 16.8. The summed E-state index contributed by atoms with van der Waals surface area (Å²) in [7, 11) is -4.54.